The second kappa shape index (κ2) is 10.8. The summed E-state index contributed by atoms with van der Waals surface area (Å²) in [7, 11) is 0. The Bertz CT molecular complexity index is 593. The van der Waals surface area contributed by atoms with E-state index in [1.807, 2.05) is 29.2 Å². The molecule has 0 saturated carbocycles. The van der Waals surface area contributed by atoms with Crippen molar-refractivity contribution in [3.63, 3.8) is 0 Å². The zero-order chi connectivity index (χ0) is 18.4. The molecule has 0 spiro atoms. The summed E-state index contributed by atoms with van der Waals surface area (Å²) >= 11 is 0. The Morgan fingerprint density at radius 2 is 2.11 bits per heavy atom. The lowest BCUT2D eigenvalue weighted by atomic mass is 9.85. The van der Waals surface area contributed by atoms with Crippen LogP contribution < -0.4 is 14.8 Å². The largest absolute Gasteiger partial charge is 0.486 e. The van der Waals surface area contributed by atoms with Crippen LogP contribution in [0, 0.1) is 11.8 Å². The summed E-state index contributed by atoms with van der Waals surface area (Å²) in [6, 6.07) is 7.72. The van der Waals surface area contributed by atoms with E-state index in [-0.39, 0.29) is 24.4 Å². The molecule has 2 aliphatic rings. The Labute approximate surface area is 169 Å². The minimum Gasteiger partial charge on any atom is -0.486 e. The van der Waals surface area contributed by atoms with Gasteiger partial charge < -0.3 is 19.7 Å². The molecule has 0 bridgehead atoms. The molecule has 1 aromatic rings. The van der Waals surface area contributed by atoms with Gasteiger partial charge in [0.2, 0.25) is 5.91 Å². The van der Waals surface area contributed by atoms with Crippen LogP contribution in [-0.2, 0) is 4.79 Å². The molecule has 0 aromatic heterocycles. The summed E-state index contributed by atoms with van der Waals surface area (Å²) in [5.41, 5.74) is 0. The summed E-state index contributed by atoms with van der Waals surface area (Å²) in [5.74, 6) is 2.83. The Balaban J connectivity index is 0.00000261. The second-order valence-corrected chi connectivity index (χ2v) is 7.63. The third-order valence-electron chi connectivity index (χ3n) is 5.47. The van der Waals surface area contributed by atoms with E-state index < -0.39 is 0 Å². The van der Waals surface area contributed by atoms with E-state index in [2.05, 4.69) is 19.2 Å². The summed E-state index contributed by atoms with van der Waals surface area (Å²) in [6.45, 7) is 8.34. The van der Waals surface area contributed by atoms with Gasteiger partial charge in [-0.15, -0.1) is 12.4 Å². The number of hydrogen-bond donors (Lipinski definition) is 1. The standard InChI is InChI=1S/C21H32N2O3.ClH/c1-3-11-23(21(24)12-16(2)17-7-6-10-22-13-17)14-18-15-25-19-8-4-5-9-20(19)26-18;/h4-5,8-9,16-18,22H,3,6-7,10-15H2,1-2H3;1H. The van der Waals surface area contributed by atoms with Gasteiger partial charge >= 0.3 is 0 Å². The number of piperidine rings is 1. The topological polar surface area (TPSA) is 50.8 Å². The number of amides is 1. The van der Waals surface area contributed by atoms with Crippen LogP contribution in [0.4, 0.5) is 0 Å². The van der Waals surface area contributed by atoms with Gasteiger partial charge in [-0.25, -0.2) is 0 Å². The highest BCUT2D eigenvalue weighted by Crippen LogP contribution is 2.31. The molecule has 1 N–H and O–H groups in total. The number of nitrogens with one attached hydrogen (secondary N) is 1. The van der Waals surface area contributed by atoms with Crippen molar-refractivity contribution in [1.82, 2.24) is 10.2 Å². The number of nitrogens with zero attached hydrogens (tertiary/aromatic N) is 1. The number of rotatable bonds is 7. The lowest BCUT2D eigenvalue weighted by molar-refractivity contribution is -0.134. The Kier molecular flexibility index (Phi) is 8.71. The van der Waals surface area contributed by atoms with Gasteiger partial charge in [-0.3, -0.25) is 4.79 Å². The van der Waals surface area contributed by atoms with Gasteiger partial charge in [0.15, 0.2) is 17.6 Å². The molecular formula is C21H33ClN2O3. The quantitative estimate of drug-likeness (QED) is 0.766. The van der Waals surface area contributed by atoms with Crippen molar-refractivity contribution in [2.24, 2.45) is 11.8 Å². The van der Waals surface area contributed by atoms with Gasteiger partial charge in [-0.1, -0.05) is 26.0 Å². The Morgan fingerprint density at radius 3 is 2.81 bits per heavy atom. The molecule has 152 valence electrons. The fraction of sp³-hybridized carbons (Fsp3) is 0.667. The van der Waals surface area contributed by atoms with Crippen LogP contribution in [0.25, 0.3) is 0 Å². The number of halogens is 1. The average molecular weight is 397 g/mol. The smallest absolute Gasteiger partial charge is 0.222 e. The summed E-state index contributed by atoms with van der Waals surface area (Å²) in [4.78, 5) is 14.9. The predicted molar refractivity (Wildman–Crippen MR) is 110 cm³/mol. The highest BCUT2D eigenvalue weighted by Gasteiger charge is 2.28. The van der Waals surface area contributed by atoms with Crippen LogP contribution in [0.3, 0.4) is 0 Å². The molecule has 3 unspecified atom stereocenters. The highest BCUT2D eigenvalue weighted by molar-refractivity contribution is 5.85. The third kappa shape index (κ3) is 6.01. The summed E-state index contributed by atoms with van der Waals surface area (Å²) < 4.78 is 11.9. The van der Waals surface area contributed by atoms with Gasteiger partial charge in [-0.2, -0.15) is 0 Å². The number of benzene rings is 1. The molecule has 1 amide bonds. The van der Waals surface area contributed by atoms with E-state index in [1.165, 1.54) is 12.8 Å². The van der Waals surface area contributed by atoms with Crippen molar-refractivity contribution >= 4 is 18.3 Å². The molecule has 27 heavy (non-hydrogen) atoms. The third-order valence-corrected chi connectivity index (χ3v) is 5.47. The van der Waals surface area contributed by atoms with Crippen LogP contribution in [0.1, 0.15) is 39.5 Å². The number of hydrogen-bond acceptors (Lipinski definition) is 4. The maximum Gasteiger partial charge on any atom is 0.222 e. The van der Waals surface area contributed by atoms with E-state index in [0.717, 1.165) is 37.6 Å². The van der Waals surface area contributed by atoms with Gasteiger partial charge in [0.1, 0.15) is 6.61 Å². The number of carbonyl (C=O) groups excluding carboxylic acids is 1. The minimum absolute atomic E-state index is 0. The molecule has 2 heterocycles. The first-order valence-electron chi connectivity index (χ1n) is 10.0. The molecule has 1 saturated heterocycles. The molecule has 0 radical (unpaired) electrons. The number of para-hydroxylation sites is 2. The fourth-order valence-corrected chi connectivity index (χ4v) is 3.92. The van der Waals surface area contributed by atoms with Crippen LogP contribution in [0.2, 0.25) is 0 Å². The fourth-order valence-electron chi connectivity index (χ4n) is 3.92. The molecule has 3 atom stereocenters. The monoisotopic (exact) mass is 396 g/mol. The lowest BCUT2D eigenvalue weighted by Gasteiger charge is -2.33. The normalized spacial score (nSPS) is 22.4. The van der Waals surface area contributed by atoms with Crippen LogP contribution in [0.15, 0.2) is 24.3 Å². The first-order valence-corrected chi connectivity index (χ1v) is 10.0. The summed E-state index contributed by atoms with van der Waals surface area (Å²) in [6.07, 6.45) is 3.92. The molecule has 1 fully saturated rings. The van der Waals surface area contributed by atoms with Crippen molar-refractivity contribution in [3.05, 3.63) is 24.3 Å². The minimum atomic E-state index is -0.105. The lowest BCUT2D eigenvalue weighted by Crippen LogP contribution is -2.45. The van der Waals surface area contributed by atoms with Crippen LogP contribution in [0.5, 0.6) is 11.5 Å². The molecule has 0 aliphatic carbocycles. The number of fused-ring (bicyclic) bond motifs is 1. The Morgan fingerprint density at radius 1 is 1.33 bits per heavy atom. The van der Waals surface area contributed by atoms with E-state index in [1.54, 1.807) is 0 Å². The van der Waals surface area contributed by atoms with Crippen LogP contribution in [-0.4, -0.2) is 49.7 Å². The molecule has 5 nitrogen and oxygen atoms in total. The average Bonchev–Trinajstić information content (AvgIpc) is 2.68. The van der Waals surface area contributed by atoms with Gasteiger partial charge in [-0.05, 0) is 56.3 Å². The second-order valence-electron chi connectivity index (χ2n) is 7.63. The van der Waals surface area contributed by atoms with Crippen LogP contribution >= 0.6 is 12.4 Å². The van der Waals surface area contributed by atoms with E-state index in [4.69, 9.17) is 9.47 Å². The zero-order valence-electron chi connectivity index (χ0n) is 16.5. The summed E-state index contributed by atoms with van der Waals surface area (Å²) in [5, 5.41) is 3.46. The van der Waals surface area contributed by atoms with E-state index in [9.17, 15) is 4.79 Å². The maximum absolute atomic E-state index is 12.9. The van der Waals surface area contributed by atoms with E-state index in [0.29, 0.717) is 31.4 Å². The van der Waals surface area contributed by atoms with Crippen molar-refractivity contribution in [1.29, 1.82) is 0 Å². The van der Waals surface area contributed by atoms with Crippen molar-refractivity contribution in [2.75, 3.05) is 32.8 Å². The predicted octanol–water partition coefficient (Wildman–Crippen LogP) is 3.51. The van der Waals surface area contributed by atoms with Crippen molar-refractivity contribution in [2.45, 2.75) is 45.6 Å². The van der Waals surface area contributed by atoms with Gasteiger partial charge in [0, 0.05) is 13.0 Å². The zero-order valence-corrected chi connectivity index (χ0v) is 17.3. The molecule has 6 heteroatoms. The van der Waals surface area contributed by atoms with Crippen molar-refractivity contribution in [3.8, 4) is 11.5 Å². The molecule has 3 rings (SSSR count). The molecule has 2 aliphatic heterocycles. The number of ether oxygens (including phenoxy) is 2. The first-order chi connectivity index (χ1) is 12.7. The Hall–Kier alpha value is -1.46. The molecular weight excluding hydrogens is 364 g/mol. The van der Waals surface area contributed by atoms with Gasteiger partial charge in [0.25, 0.3) is 0 Å². The highest BCUT2D eigenvalue weighted by atomic mass is 35.5. The molecule has 1 aromatic carbocycles. The van der Waals surface area contributed by atoms with Gasteiger partial charge in [0.05, 0.1) is 6.54 Å². The maximum atomic E-state index is 12.9. The number of carbonyl (C=O) groups is 1. The SMILES string of the molecule is CCCN(CC1COc2ccccc2O1)C(=O)CC(C)C1CCCNC1.Cl. The van der Waals surface area contributed by atoms with Crippen molar-refractivity contribution < 1.29 is 14.3 Å². The first kappa shape index (κ1) is 21.8. The van der Waals surface area contributed by atoms with E-state index >= 15 is 0 Å².